The van der Waals surface area contributed by atoms with Crippen LogP contribution in [0.15, 0.2) is 24.4 Å². The van der Waals surface area contributed by atoms with Gasteiger partial charge in [0.25, 0.3) is 0 Å². The zero-order valence-corrected chi connectivity index (χ0v) is 13.3. The van der Waals surface area contributed by atoms with Gasteiger partial charge >= 0.3 is 0 Å². The van der Waals surface area contributed by atoms with Gasteiger partial charge in [-0.3, -0.25) is 4.90 Å². The van der Waals surface area contributed by atoms with Gasteiger partial charge in [-0.05, 0) is 19.4 Å². The number of aromatic hydroxyl groups is 1. The van der Waals surface area contributed by atoms with Crippen LogP contribution in [0.3, 0.4) is 0 Å². The molecule has 2 aromatic rings. The van der Waals surface area contributed by atoms with Crippen LogP contribution < -0.4 is 0 Å². The summed E-state index contributed by atoms with van der Waals surface area (Å²) in [6.45, 7) is 6.80. The van der Waals surface area contributed by atoms with Crippen molar-refractivity contribution in [3.05, 3.63) is 52.6 Å². The van der Waals surface area contributed by atoms with Crippen LogP contribution in [0.1, 0.15) is 41.6 Å². The first kappa shape index (κ1) is 15.0. The molecule has 1 aromatic carbocycles. The molecule has 0 spiro atoms. The van der Waals surface area contributed by atoms with E-state index in [2.05, 4.69) is 34.8 Å². The molecule has 0 fully saturated rings. The Bertz CT molecular complexity index is 669. The second-order valence-corrected chi connectivity index (χ2v) is 6.10. The number of hydrogen-bond acceptors (Lipinski definition) is 4. The Labute approximate surface area is 131 Å². The third kappa shape index (κ3) is 3.28. The number of fused-ring (bicyclic) bond motifs is 1. The van der Waals surface area contributed by atoms with Crippen LogP contribution in [0.2, 0.25) is 0 Å². The molecule has 1 N–H and O–H groups in total. The summed E-state index contributed by atoms with van der Waals surface area (Å²) >= 11 is 0. The van der Waals surface area contributed by atoms with Crippen LogP contribution in [-0.2, 0) is 25.9 Å². The van der Waals surface area contributed by atoms with Gasteiger partial charge in [-0.25, -0.2) is 9.97 Å². The second kappa shape index (κ2) is 6.44. The van der Waals surface area contributed by atoms with Gasteiger partial charge in [0.15, 0.2) is 0 Å². The Morgan fingerprint density at radius 2 is 2.18 bits per heavy atom. The molecule has 1 aromatic heterocycles. The van der Waals surface area contributed by atoms with Gasteiger partial charge in [-0.2, -0.15) is 0 Å². The smallest absolute Gasteiger partial charge is 0.128 e. The van der Waals surface area contributed by atoms with Crippen LogP contribution in [0.5, 0.6) is 5.75 Å². The summed E-state index contributed by atoms with van der Waals surface area (Å²) in [7, 11) is 0. The minimum absolute atomic E-state index is 0.381. The minimum atomic E-state index is 0.381. The highest BCUT2D eigenvalue weighted by atomic mass is 16.3. The lowest BCUT2D eigenvalue weighted by atomic mass is 10.0. The van der Waals surface area contributed by atoms with Gasteiger partial charge in [0.05, 0.1) is 0 Å². The van der Waals surface area contributed by atoms with Crippen molar-refractivity contribution < 1.29 is 5.11 Å². The molecule has 0 atom stereocenters. The number of rotatable bonds is 4. The molecule has 0 bridgehead atoms. The Kier molecular flexibility index (Phi) is 4.39. The highest BCUT2D eigenvalue weighted by Gasteiger charge is 2.19. The summed E-state index contributed by atoms with van der Waals surface area (Å²) in [6, 6.07) is 5.78. The standard InChI is InChI=1S/C18H23N3O/c1-3-4-18-19-10-15-12-21(8-7-16(15)20-18)11-14-9-13(2)5-6-17(14)22/h5-6,9-10,22H,3-4,7-8,11-12H2,1-2H3. The Balaban J connectivity index is 1.73. The zero-order valence-electron chi connectivity index (χ0n) is 13.3. The fourth-order valence-electron chi connectivity index (χ4n) is 2.98. The molecule has 4 nitrogen and oxygen atoms in total. The average molecular weight is 297 g/mol. The molecule has 0 unspecified atom stereocenters. The number of phenolic OH excluding ortho intramolecular Hbond substituents is 1. The van der Waals surface area contributed by atoms with E-state index in [9.17, 15) is 5.11 Å². The predicted molar refractivity (Wildman–Crippen MR) is 86.7 cm³/mol. The molecule has 4 heteroatoms. The number of aryl methyl sites for hydroxylation is 2. The van der Waals surface area contributed by atoms with E-state index in [1.165, 1.54) is 16.8 Å². The first-order chi connectivity index (χ1) is 10.7. The van der Waals surface area contributed by atoms with Crippen molar-refractivity contribution in [2.24, 2.45) is 0 Å². The van der Waals surface area contributed by atoms with Crippen LogP contribution >= 0.6 is 0 Å². The number of hydrogen-bond donors (Lipinski definition) is 1. The minimum Gasteiger partial charge on any atom is -0.508 e. The van der Waals surface area contributed by atoms with Crippen LogP contribution in [-0.4, -0.2) is 26.5 Å². The Morgan fingerprint density at radius 1 is 1.32 bits per heavy atom. The van der Waals surface area contributed by atoms with E-state index >= 15 is 0 Å². The van der Waals surface area contributed by atoms with Crippen LogP contribution in [0, 0.1) is 6.92 Å². The van der Waals surface area contributed by atoms with Gasteiger partial charge in [-0.15, -0.1) is 0 Å². The van der Waals surface area contributed by atoms with E-state index in [0.717, 1.165) is 50.3 Å². The van der Waals surface area contributed by atoms with E-state index in [1.54, 1.807) is 6.07 Å². The van der Waals surface area contributed by atoms with Crippen molar-refractivity contribution >= 4 is 0 Å². The third-order valence-corrected chi connectivity index (χ3v) is 4.17. The Hall–Kier alpha value is -1.94. The lowest BCUT2D eigenvalue weighted by molar-refractivity contribution is 0.239. The molecular formula is C18H23N3O. The normalized spacial score (nSPS) is 14.8. The molecule has 1 aliphatic heterocycles. The molecule has 0 amide bonds. The first-order valence-corrected chi connectivity index (χ1v) is 8.00. The van der Waals surface area contributed by atoms with Gasteiger partial charge in [-0.1, -0.05) is 24.6 Å². The zero-order chi connectivity index (χ0) is 15.5. The summed E-state index contributed by atoms with van der Waals surface area (Å²) in [5, 5.41) is 10.0. The van der Waals surface area contributed by atoms with E-state index in [4.69, 9.17) is 0 Å². The van der Waals surface area contributed by atoms with Crippen LogP contribution in [0.25, 0.3) is 0 Å². The quantitative estimate of drug-likeness (QED) is 0.942. The molecule has 22 heavy (non-hydrogen) atoms. The van der Waals surface area contributed by atoms with E-state index in [0.29, 0.717) is 5.75 Å². The number of benzene rings is 1. The van der Waals surface area contributed by atoms with Gasteiger partial charge < -0.3 is 5.11 Å². The predicted octanol–water partition coefficient (Wildman–Crippen LogP) is 3.00. The molecule has 2 heterocycles. The van der Waals surface area contributed by atoms with Crippen molar-refractivity contribution in [3.8, 4) is 5.75 Å². The van der Waals surface area contributed by atoms with Crippen LogP contribution in [0.4, 0.5) is 0 Å². The lowest BCUT2D eigenvalue weighted by Crippen LogP contribution is -2.31. The third-order valence-electron chi connectivity index (χ3n) is 4.17. The fraction of sp³-hybridized carbons (Fsp3) is 0.444. The van der Waals surface area contributed by atoms with E-state index in [1.807, 2.05) is 12.3 Å². The van der Waals surface area contributed by atoms with Gasteiger partial charge in [0, 0.05) is 55.5 Å². The summed E-state index contributed by atoms with van der Waals surface area (Å²) in [6.07, 6.45) is 4.97. The monoisotopic (exact) mass is 297 g/mol. The molecule has 0 aliphatic carbocycles. The van der Waals surface area contributed by atoms with Crippen molar-refractivity contribution in [2.45, 2.75) is 46.2 Å². The summed E-state index contributed by atoms with van der Waals surface area (Å²) < 4.78 is 0. The Morgan fingerprint density at radius 3 is 3.00 bits per heavy atom. The van der Waals surface area contributed by atoms with Crippen molar-refractivity contribution in [1.29, 1.82) is 0 Å². The largest absolute Gasteiger partial charge is 0.508 e. The van der Waals surface area contributed by atoms with Gasteiger partial charge in [0.2, 0.25) is 0 Å². The first-order valence-electron chi connectivity index (χ1n) is 8.00. The molecular weight excluding hydrogens is 274 g/mol. The number of nitrogens with zero attached hydrogens (tertiary/aromatic N) is 3. The molecule has 0 saturated heterocycles. The van der Waals surface area contributed by atoms with Crippen molar-refractivity contribution in [2.75, 3.05) is 6.54 Å². The molecule has 116 valence electrons. The SMILES string of the molecule is CCCc1ncc2c(n1)CCN(Cc1cc(C)ccc1O)C2. The average Bonchev–Trinajstić information content (AvgIpc) is 2.51. The van der Waals surface area contributed by atoms with Crippen molar-refractivity contribution in [3.63, 3.8) is 0 Å². The fourth-order valence-corrected chi connectivity index (χ4v) is 2.98. The summed E-state index contributed by atoms with van der Waals surface area (Å²) in [5.74, 6) is 1.34. The van der Waals surface area contributed by atoms with E-state index < -0.39 is 0 Å². The lowest BCUT2D eigenvalue weighted by Gasteiger charge is -2.28. The summed E-state index contributed by atoms with van der Waals surface area (Å²) in [5.41, 5.74) is 4.59. The van der Waals surface area contributed by atoms with Gasteiger partial charge in [0.1, 0.15) is 11.6 Å². The topological polar surface area (TPSA) is 49.2 Å². The van der Waals surface area contributed by atoms with E-state index in [-0.39, 0.29) is 0 Å². The maximum atomic E-state index is 10.0. The molecule has 3 rings (SSSR count). The summed E-state index contributed by atoms with van der Waals surface area (Å²) in [4.78, 5) is 11.5. The highest BCUT2D eigenvalue weighted by Crippen LogP contribution is 2.23. The maximum Gasteiger partial charge on any atom is 0.128 e. The maximum absolute atomic E-state index is 10.0. The number of phenols is 1. The molecule has 0 saturated carbocycles. The second-order valence-electron chi connectivity index (χ2n) is 6.10. The molecule has 0 radical (unpaired) electrons. The number of aromatic nitrogens is 2. The van der Waals surface area contributed by atoms with Crippen molar-refractivity contribution in [1.82, 2.24) is 14.9 Å². The molecule has 1 aliphatic rings. The highest BCUT2D eigenvalue weighted by molar-refractivity contribution is 5.35.